The first-order valence-electron chi connectivity index (χ1n) is 8.93. The van der Waals surface area contributed by atoms with E-state index in [1.54, 1.807) is 49.9 Å². The molecule has 1 aromatic rings. The number of carbonyl (C=O) groups is 1. The molecule has 0 bridgehead atoms. The Kier molecular flexibility index (Phi) is 7.18. The minimum absolute atomic E-state index is 0.143. The number of ether oxygens (including phenoxy) is 3. The number of hydrogen-bond acceptors (Lipinski definition) is 4. The van der Waals surface area contributed by atoms with Gasteiger partial charge in [-0.25, -0.2) is 13.6 Å². The summed E-state index contributed by atoms with van der Waals surface area (Å²) in [6.45, 7) is 9.55. The topological polar surface area (TPSA) is 48.0 Å². The average Bonchev–Trinajstić information content (AvgIpc) is 3.10. The van der Waals surface area contributed by atoms with E-state index in [1.807, 2.05) is 0 Å². The Morgan fingerprint density at radius 1 is 1.44 bits per heavy atom. The van der Waals surface area contributed by atoms with Crippen LogP contribution in [0.15, 0.2) is 24.8 Å². The van der Waals surface area contributed by atoms with Crippen molar-refractivity contribution in [1.82, 2.24) is 4.90 Å². The summed E-state index contributed by atoms with van der Waals surface area (Å²) in [5.74, 6) is 0.313. The molecule has 0 radical (unpaired) electrons. The van der Waals surface area contributed by atoms with Crippen LogP contribution in [-0.4, -0.2) is 48.9 Å². The summed E-state index contributed by atoms with van der Waals surface area (Å²) in [7, 11) is 0. The molecule has 27 heavy (non-hydrogen) atoms. The zero-order valence-corrected chi connectivity index (χ0v) is 16.0. The molecule has 0 saturated carbocycles. The average molecular weight is 383 g/mol. The monoisotopic (exact) mass is 383 g/mol. The molecule has 0 aromatic heterocycles. The third kappa shape index (κ3) is 6.50. The summed E-state index contributed by atoms with van der Waals surface area (Å²) in [5, 5.41) is 0. The standard InChI is InChI=1S/C20H27F2NO4/c1-5-14-6-7-17(26-13-18(21)22)15(10-14)11-23(16-8-9-25-12-16)19(24)27-20(2,3)4/h5-7,10,16,18H,1,8-9,11-13H2,2-4H3. The van der Waals surface area contributed by atoms with Crippen molar-refractivity contribution in [3.8, 4) is 5.75 Å². The van der Waals surface area contributed by atoms with Gasteiger partial charge in [0.1, 0.15) is 18.0 Å². The van der Waals surface area contributed by atoms with Crippen LogP contribution in [0.1, 0.15) is 38.3 Å². The number of amides is 1. The predicted molar refractivity (Wildman–Crippen MR) is 99.0 cm³/mol. The molecular weight excluding hydrogens is 356 g/mol. The zero-order valence-electron chi connectivity index (χ0n) is 16.0. The van der Waals surface area contributed by atoms with E-state index < -0.39 is 24.7 Å². The van der Waals surface area contributed by atoms with Crippen LogP contribution in [0.25, 0.3) is 6.08 Å². The second-order valence-electron chi connectivity index (χ2n) is 7.40. The molecule has 0 spiro atoms. The molecule has 1 saturated heterocycles. The van der Waals surface area contributed by atoms with Crippen molar-refractivity contribution in [2.24, 2.45) is 0 Å². The van der Waals surface area contributed by atoms with E-state index in [9.17, 15) is 13.6 Å². The smallest absolute Gasteiger partial charge is 0.410 e. The molecule has 7 heteroatoms. The second-order valence-corrected chi connectivity index (χ2v) is 7.40. The van der Waals surface area contributed by atoms with Crippen LogP contribution in [0, 0.1) is 0 Å². The highest BCUT2D eigenvalue weighted by Gasteiger charge is 2.31. The maximum absolute atomic E-state index is 12.7. The molecule has 1 heterocycles. The van der Waals surface area contributed by atoms with E-state index in [2.05, 4.69) is 6.58 Å². The van der Waals surface area contributed by atoms with Gasteiger partial charge in [-0.3, -0.25) is 4.90 Å². The minimum atomic E-state index is -2.58. The van der Waals surface area contributed by atoms with Crippen LogP contribution in [0.3, 0.4) is 0 Å². The molecule has 0 N–H and O–H groups in total. The van der Waals surface area contributed by atoms with Crippen LogP contribution >= 0.6 is 0 Å². The van der Waals surface area contributed by atoms with E-state index in [-0.39, 0.29) is 12.6 Å². The van der Waals surface area contributed by atoms with Crippen LogP contribution in [0.5, 0.6) is 5.75 Å². The van der Waals surface area contributed by atoms with Gasteiger partial charge in [-0.1, -0.05) is 18.7 Å². The first-order chi connectivity index (χ1) is 12.7. The Morgan fingerprint density at radius 3 is 2.74 bits per heavy atom. The fourth-order valence-corrected chi connectivity index (χ4v) is 2.76. The summed E-state index contributed by atoms with van der Waals surface area (Å²) < 4.78 is 41.3. The van der Waals surface area contributed by atoms with Gasteiger partial charge in [-0.05, 0) is 44.9 Å². The number of rotatable bonds is 7. The minimum Gasteiger partial charge on any atom is -0.487 e. The van der Waals surface area contributed by atoms with Gasteiger partial charge in [0.15, 0.2) is 0 Å². The maximum Gasteiger partial charge on any atom is 0.410 e. The van der Waals surface area contributed by atoms with E-state index in [4.69, 9.17) is 14.2 Å². The van der Waals surface area contributed by atoms with Crippen molar-refractivity contribution in [3.05, 3.63) is 35.9 Å². The third-order valence-electron chi connectivity index (χ3n) is 4.00. The first kappa shape index (κ1) is 21.2. The van der Waals surface area contributed by atoms with Gasteiger partial charge >= 0.3 is 6.09 Å². The molecule has 5 nitrogen and oxygen atoms in total. The van der Waals surface area contributed by atoms with Crippen molar-refractivity contribution in [2.45, 2.75) is 51.8 Å². The molecule has 150 valence electrons. The highest BCUT2D eigenvalue weighted by molar-refractivity contribution is 5.69. The number of benzene rings is 1. The Hall–Kier alpha value is -2.15. The Labute approximate surface area is 158 Å². The van der Waals surface area contributed by atoms with Crippen LogP contribution < -0.4 is 4.74 Å². The van der Waals surface area contributed by atoms with Gasteiger partial charge < -0.3 is 14.2 Å². The van der Waals surface area contributed by atoms with Gasteiger partial charge in [-0.15, -0.1) is 0 Å². The number of nitrogens with zero attached hydrogens (tertiary/aromatic N) is 1. The van der Waals surface area contributed by atoms with Crippen LogP contribution in [0.4, 0.5) is 13.6 Å². The number of halogens is 2. The number of carbonyl (C=O) groups excluding carboxylic acids is 1. The van der Waals surface area contributed by atoms with Crippen LogP contribution in [0.2, 0.25) is 0 Å². The van der Waals surface area contributed by atoms with E-state index in [0.29, 0.717) is 30.9 Å². The molecule has 1 aromatic carbocycles. The van der Waals surface area contributed by atoms with Gasteiger partial charge in [0.25, 0.3) is 6.43 Å². The van der Waals surface area contributed by atoms with Gasteiger partial charge in [0, 0.05) is 12.2 Å². The van der Waals surface area contributed by atoms with E-state index in [0.717, 1.165) is 5.56 Å². The SMILES string of the molecule is C=Cc1ccc(OCC(F)F)c(CN(C(=O)OC(C)(C)C)C2CCOC2)c1. The normalized spacial score (nSPS) is 17.0. The van der Waals surface area contributed by atoms with Crippen molar-refractivity contribution in [1.29, 1.82) is 0 Å². The molecule has 1 aliphatic heterocycles. The van der Waals surface area contributed by atoms with Crippen LogP contribution in [-0.2, 0) is 16.0 Å². The van der Waals surface area contributed by atoms with Crippen molar-refractivity contribution in [3.63, 3.8) is 0 Å². The fourth-order valence-electron chi connectivity index (χ4n) is 2.76. The van der Waals surface area contributed by atoms with E-state index >= 15 is 0 Å². The summed E-state index contributed by atoms with van der Waals surface area (Å²) in [4.78, 5) is 14.3. The zero-order chi connectivity index (χ0) is 20.0. The highest BCUT2D eigenvalue weighted by atomic mass is 19.3. The fraction of sp³-hybridized carbons (Fsp3) is 0.550. The number of hydrogen-bond donors (Lipinski definition) is 0. The largest absolute Gasteiger partial charge is 0.487 e. The van der Waals surface area contributed by atoms with Crippen molar-refractivity contribution >= 4 is 12.2 Å². The first-order valence-corrected chi connectivity index (χ1v) is 8.93. The molecule has 1 amide bonds. The lowest BCUT2D eigenvalue weighted by Crippen LogP contribution is -2.43. The van der Waals surface area contributed by atoms with Crippen molar-refractivity contribution in [2.75, 3.05) is 19.8 Å². The maximum atomic E-state index is 12.7. The van der Waals surface area contributed by atoms with Gasteiger partial charge in [0.2, 0.25) is 0 Å². The lowest BCUT2D eigenvalue weighted by Gasteiger charge is -2.31. The molecule has 1 fully saturated rings. The lowest BCUT2D eigenvalue weighted by atomic mass is 10.1. The molecule has 0 aliphatic carbocycles. The van der Waals surface area contributed by atoms with E-state index in [1.165, 1.54) is 0 Å². The Balaban J connectivity index is 2.28. The Morgan fingerprint density at radius 2 is 2.19 bits per heavy atom. The second kappa shape index (κ2) is 9.17. The predicted octanol–water partition coefficient (Wildman–Crippen LogP) is 4.50. The third-order valence-corrected chi connectivity index (χ3v) is 4.00. The van der Waals surface area contributed by atoms with Crippen molar-refractivity contribution < 1.29 is 27.8 Å². The molecule has 2 rings (SSSR count). The molecule has 1 atom stereocenters. The highest BCUT2D eigenvalue weighted by Crippen LogP contribution is 2.27. The lowest BCUT2D eigenvalue weighted by molar-refractivity contribution is 0.0122. The summed E-state index contributed by atoms with van der Waals surface area (Å²) in [6, 6.07) is 4.98. The number of alkyl halides is 2. The van der Waals surface area contributed by atoms with Gasteiger partial charge in [-0.2, -0.15) is 0 Å². The molecular formula is C20H27F2NO4. The van der Waals surface area contributed by atoms with Gasteiger partial charge in [0.05, 0.1) is 19.2 Å². The molecule has 1 aliphatic rings. The quantitative estimate of drug-likeness (QED) is 0.696. The molecule has 1 unspecified atom stereocenters. The summed E-state index contributed by atoms with van der Waals surface area (Å²) in [5.41, 5.74) is 0.777. The Bertz CT molecular complexity index is 652. The summed E-state index contributed by atoms with van der Waals surface area (Å²) >= 11 is 0. The summed E-state index contributed by atoms with van der Waals surface area (Å²) in [6.07, 6.45) is -0.714.